The standard InChI is InChI=1S/C24H24F2O6.C4H8/c1-22(2,29-14-27)23(3,4)31-18-11-8-16-12-19(21(28)30-20(16)13-18)15-6-9-17(10-7-15)32-24(5,25)26;1-4(2)3/h6-14H,1-5H3;1H2,2-3H3. The van der Waals surface area contributed by atoms with E-state index in [0.29, 0.717) is 35.7 Å². The Hall–Kier alpha value is -3.68. The number of rotatable bonds is 8. The van der Waals surface area contributed by atoms with Gasteiger partial charge < -0.3 is 18.6 Å². The molecule has 0 atom stereocenters. The molecule has 0 fully saturated rings. The number of carbonyl (C=O) groups excluding carboxylic acids is 1. The molecular weight excluding hydrogens is 470 g/mol. The van der Waals surface area contributed by atoms with Crippen LogP contribution in [0.25, 0.3) is 22.1 Å². The summed E-state index contributed by atoms with van der Waals surface area (Å²) < 4.78 is 47.1. The van der Waals surface area contributed by atoms with Gasteiger partial charge in [-0.15, -0.1) is 6.58 Å². The van der Waals surface area contributed by atoms with Crippen LogP contribution < -0.4 is 15.1 Å². The normalized spacial score (nSPS) is 11.8. The number of halogens is 2. The molecule has 0 saturated carbocycles. The Morgan fingerprint density at radius 3 is 1.97 bits per heavy atom. The molecule has 0 radical (unpaired) electrons. The van der Waals surface area contributed by atoms with E-state index in [9.17, 15) is 18.4 Å². The van der Waals surface area contributed by atoms with Gasteiger partial charge in [0.25, 0.3) is 6.47 Å². The molecule has 194 valence electrons. The zero-order valence-corrected chi connectivity index (χ0v) is 21.6. The Balaban J connectivity index is 0.00000106. The Labute approximate surface area is 209 Å². The summed E-state index contributed by atoms with van der Waals surface area (Å²) in [6, 6.07) is 12.4. The lowest BCUT2D eigenvalue weighted by Gasteiger charge is -2.39. The van der Waals surface area contributed by atoms with Gasteiger partial charge in [-0.1, -0.05) is 17.7 Å². The number of allylic oxidation sites excluding steroid dienone is 1. The lowest BCUT2D eigenvalue weighted by molar-refractivity contribution is -0.161. The van der Waals surface area contributed by atoms with Crippen LogP contribution in [0.3, 0.4) is 0 Å². The summed E-state index contributed by atoms with van der Waals surface area (Å²) in [5, 5.41) is 0.647. The van der Waals surface area contributed by atoms with E-state index in [1.165, 1.54) is 29.8 Å². The first-order valence-electron chi connectivity index (χ1n) is 11.2. The fourth-order valence-electron chi connectivity index (χ4n) is 2.95. The first-order valence-corrected chi connectivity index (χ1v) is 11.2. The van der Waals surface area contributed by atoms with Crippen molar-refractivity contribution in [2.24, 2.45) is 0 Å². The third-order valence-electron chi connectivity index (χ3n) is 5.34. The smallest absolute Gasteiger partial charge is 0.394 e. The highest BCUT2D eigenvalue weighted by molar-refractivity contribution is 5.82. The molecule has 36 heavy (non-hydrogen) atoms. The van der Waals surface area contributed by atoms with E-state index in [1.54, 1.807) is 52.0 Å². The maximum Gasteiger partial charge on any atom is 0.394 e. The van der Waals surface area contributed by atoms with Gasteiger partial charge in [0.15, 0.2) is 0 Å². The second-order valence-corrected chi connectivity index (χ2v) is 9.63. The number of hydrogen-bond donors (Lipinski definition) is 0. The number of hydrogen-bond acceptors (Lipinski definition) is 6. The van der Waals surface area contributed by atoms with E-state index >= 15 is 0 Å². The van der Waals surface area contributed by atoms with Crippen molar-refractivity contribution in [3.8, 4) is 22.6 Å². The Kier molecular flexibility index (Phi) is 8.67. The Morgan fingerprint density at radius 2 is 1.44 bits per heavy atom. The monoisotopic (exact) mass is 502 g/mol. The van der Waals surface area contributed by atoms with Crippen molar-refractivity contribution >= 4 is 17.4 Å². The second kappa shape index (κ2) is 10.9. The molecule has 0 saturated heterocycles. The average Bonchev–Trinajstić information content (AvgIpc) is 2.72. The van der Waals surface area contributed by atoms with E-state index in [4.69, 9.17) is 13.9 Å². The number of carbonyl (C=O) groups is 1. The molecule has 8 heteroatoms. The predicted molar refractivity (Wildman–Crippen MR) is 136 cm³/mol. The molecule has 0 aliphatic carbocycles. The van der Waals surface area contributed by atoms with E-state index in [0.717, 1.165) is 0 Å². The number of benzene rings is 2. The third-order valence-corrected chi connectivity index (χ3v) is 5.34. The van der Waals surface area contributed by atoms with Crippen molar-refractivity contribution in [1.82, 2.24) is 0 Å². The van der Waals surface area contributed by atoms with Crippen LogP contribution in [0.5, 0.6) is 11.5 Å². The number of alkyl halides is 2. The van der Waals surface area contributed by atoms with Crippen LogP contribution in [0.15, 0.2) is 69.9 Å². The summed E-state index contributed by atoms with van der Waals surface area (Å²) in [5.74, 6) is 0.417. The van der Waals surface area contributed by atoms with Crippen LogP contribution in [-0.2, 0) is 9.53 Å². The third kappa shape index (κ3) is 7.66. The Bertz CT molecular complexity index is 1260. The highest BCUT2D eigenvalue weighted by atomic mass is 19.3. The van der Waals surface area contributed by atoms with Gasteiger partial charge in [-0.25, -0.2) is 4.79 Å². The molecule has 3 aromatic rings. The molecule has 0 N–H and O–H groups in total. The van der Waals surface area contributed by atoms with Crippen LogP contribution in [-0.4, -0.2) is 23.8 Å². The average molecular weight is 503 g/mol. The van der Waals surface area contributed by atoms with E-state index in [2.05, 4.69) is 11.3 Å². The van der Waals surface area contributed by atoms with Crippen LogP contribution >= 0.6 is 0 Å². The first-order chi connectivity index (χ1) is 16.5. The minimum Gasteiger partial charge on any atom is -0.484 e. The molecule has 1 aromatic heterocycles. The van der Waals surface area contributed by atoms with Gasteiger partial charge in [0.1, 0.15) is 28.3 Å². The fraction of sp³-hybridized carbons (Fsp3) is 0.357. The number of fused-ring (bicyclic) bond motifs is 1. The van der Waals surface area contributed by atoms with Crippen molar-refractivity contribution in [2.75, 3.05) is 0 Å². The van der Waals surface area contributed by atoms with Crippen LogP contribution in [0.1, 0.15) is 48.5 Å². The van der Waals surface area contributed by atoms with Gasteiger partial charge >= 0.3 is 11.7 Å². The van der Waals surface area contributed by atoms with Crippen molar-refractivity contribution in [3.63, 3.8) is 0 Å². The molecule has 1 heterocycles. The van der Waals surface area contributed by atoms with Crippen LogP contribution in [0, 0.1) is 0 Å². The van der Waals surface area contributed by atoms with E-state index in [-0.39, 0.29) is 11.3 Å². The van der Waals surface area contributed by atoms with Crippen LogP contribution in [0.4, 0.5) is 8.78 Å². The molecule has 0 bridgehead atoms. The summed E-state index contributed by atoms with van der Waals surface area (Å²) in [6.07, 6.45) is -3.30. The molecule has 0 aliphatic rings. The molecule has 3 rings (SSSR count). The predicted octanol–water partition coefficient (Wildman–Crippen LogP) is 7.14. The summed E-state index contributed by atoms with van der Waals surface area (Å²) in [4.78, 5) is 23.4. The van der Waals surface area contributed by atoms with Gasteiger partial charge in [-0.3, -0.25) is 4.79 Å². The highest BCUT2D eigenvalue weighted by Gasteiger charge is 2.41. The van der Waals surface area contributed by atoms with Crippen molar-refractivity contribution in [1.29, 1.82) is 0 Å². The topological polar surface area (TPSA) is 75.0 Å². The first kappa shape index (κ1) is 28.6. The molecule has 2 aromatic carbocycles. The van der Waals surface area contributed by atoms with Crippen LogP contribution in [0.2, 0.25) is 0 Å². The quantitative estimate of drug-likeness (QED) is 0.185. The largest absolute Gasteiger partial charge is 0.484 e. The zero-order valence-electron chi connectivity index (χ0n) is 21.6. The van der Waals surface area contributed by atoms with Gasteiger partial charge in [-0.2, -0.15) is 8.78 Å². The highest BCUT2D eigenvalue weighted by Crippen LogP contribution is 2.33. The minimum absolute atomic E-state index is 0.0164. The SMILES string of the molecule is C=C(C)C.CC(F)(F)Oc1ccc(-c2cc3ccc(OC(C)(C)C(C)(C)OC=O)cc3oc2=O)cc1. The summed E-state index contributed by atoms with van der Waals surface area (Å²) >= 11 is 0. The molecule has 0 aliphatic heterocycles. The zero-order chi connectivity index (χ0) is 27.3. The molecule has 0 spiro atoms. The summed E-state index contributed by atoms with van der Waals surface area (Å²) in [5.41, 5.74) is -0.115. The van der Waals surface area contributed by atoms with Crippen molar-refractivity contribution in [2.45, 2.75) is 65.8 Å². The van der Waals surface area contributed by atoms with E-state index < -0.39 is 22.9 Å². The Morgan fingerprint density at radius 1 is 0.889 bits per heavy atom. The van der Waals surface area contributed by atoms with Gasteiger partial charge in [-0.05, 0) is 77.4 Å². The summed E-state index contributed by atoms with van der Waals surface area (Å²) in [6.45, 7) is 15.5. The molecule has 0 amide bonds. The number of ether oxygens (including phenoxy) is 3. The lowest BCUT2D eigenvalue weighted by Crippen LogP contribution is -2.51. The molecule has 6 nitrogen and oxygen atoms in total. The maximum atomic E-state index is 13.0. The molecular formula is C28H32F2O6. The fourth-order valence-corrected chi connectivity index (χ4v) is 2.95. The minimum atomic E-state index is -3.30. The van der Waals surface area contributed by atoms with Gasteiger partial charge in [0, 0.05) is 18.4 Å². The van der Waals surface area contributed by atoms with Gasteiger partial charge in [0.2, 0.25) is 0 Å². The molecule has 0 unspecified atom stereocenters. The van der Waals surface area contributed by atoms with Gasteiger partial charge in [0.05, 0.1) is 5.56 Å². The van der Waals surface area contributed by atoms with E-state index in [1.807, 2.05) is 13.8 Å². The van der Waals surface area contributed by atoms with Crippen molar-refractivity contribution in [3.05, 3.63) is 71.1 Å². The second-order valence-electron chi connectivity index (χ2n) is 9.63. The summed E-state index contributed by atoms with van der Waals surface area (Å²) in [7, 11) is 0. The van der Waals surface area contributed by atoms with Crippen molar-refractivity contribution < 1.29 is 32.2 Å². The lowest BCUT2D eigenvalue weighted by atomic mass is 9.89. The maximum absolute atomic E-state index is 13.0.